The highest BCUT2D eigenvalue weighted by Gasteiger charge is 2.32. The monoisotopic (exact) mass is 382 g/mol. The molecular weight excluding hydrogens is 360 g/mol. The number of hydrogen-bond acceptors (Lipinski definition) is 5. The Morgan fingerprint density at radius 2 is 2.00 bits per heavy atom. The number of methoxy groups -OCH3 is 1. The zero-order chi connectivity index (χ0) is 18.8. The first-order chi connectivity index (χ1) is 13.2. The Labute approximate surface area is 162 Å². The number of carbonyl (C=O) groups is 1. The molecule has 1 aromatic heterocycles. The lowest BCUT2D eigenvalue weighted by Crippen LogP contribution is -2.39. The molecule has 1 fully saturated rings. The van der Waals surface area contributed by atoms with Crippen molar-refractivity contribution in [1.29, 1.82) is 0 Å². The number of thiazole rings is 1. The van der Waals surface area contributed by atoms with E-state index in [1.165, 1.54) is 9.71 Å². The van der Waals surface area contributed by atoms with Gasteiger partial charge in [0, 0.05) is 5.92 Å². The van der Waals surface area contributed by atoms with E-state index in [1.807, 2.05) is 42.5 Å². The SMILES string of the molecule is COc1cccc(C(C(=O)O)N2CCC(c3nc4ccccc4s3)CC2)c1. The van der Waals surface area contributed by atoms with Gasteiger partial charge >= 0.3 is 5.97 Å². The van der Waals surface area contributed by atoms with Crippen molar-refractivity contribution in [1.82, 2.24) is 9.88 Å². The van der Waals surface area contributed by atoms with Gasteiger partial charge in [-0.15, -0.1) is 11.3 Å². The van der Waals surface area contributed by atoms with Crippen molar-refractivity contribution in [3.63, 3.8) is 0 Å². The summed E-state index contributed by atoms with van der Waals surface area (Å²) in [6.45, 7) is 1.49. The van der Waals surface area contributed by atoms with Gasteiger partial charge in [0.1, 0.15) is 11.8 Å². The summed E-state index contributed by atoms with van der Waals surface area (Å²) in [4.78, 5) is 18.8. The van der Waals surface area contributed by atoms with Gasteiger partial charge in [-0.2, -0.15) is 0 Å². The molecule has 2 heterocycles. The van der Waals surface area contributed by atoms with Gasteiger partial charge in [0.25, 0.3) is 0 Å². The number of aromatic nitrogens is 1. The van der Waals surface area contributed by atoms with Crippen LogP contribution in [0.3, 0.4) is 0 Å². The molecule has 0 spiro atoms. The maximum Gasteiger partial charge on any atom is 0.325 e. The van der Waals surface area contributed by atoms with Crippen LogP contribution in [-0.4, -0.2) is 41.2 Å². The molecule has 3 aromatic rings. The Morgan fingerprint density at radius 1 is 1.22 bits per heavy atom. The summed E-state index contributed by atoms with van der Waals surface area (Å²) in [7, 11) is 1.60. The van der Waals surface area contributed by atoms with Gasteiger partial charge in [-0.05, 0) is 55.8 Å². The first-order valence-corrected chi connectivity index (χ1v) is 9.93. The molecule has 27 heavy (non-hydrogen) atoms. The van der Waals surface area contributed by atoms with Crippen molar-refractivity contribution < 1.29 is 14.6 Å². The lowest BCUT2D eigenvalue weighted by Gasteiger charge is -2.35. The topological polar surface area (TPSA) is 62.7 Å². The van der Waals surface area contributed by atoms with E-state index in [0.717, 1.165) is 37.0 Å². The van der Waals surface area contributed by atoms with Crippen molar-refractivity contribution in [2.45, 2.75) is 24.8 Å². The third-order valence-electron chi connectivity index (χ3n) is 5.20. The van der Waals surface area contributed by atoms with Crippen LogP contribution in [-0.2, 0) is 4.79 Å². The summed E-state index contributed by atoms with van der Waals surface area (Å²) in [6, 6.07) is 14.9. The zero-order valence-corrected chi connectivity index (χ0v) is 16.0. The van der Waals surface area contributed by atoms with Crippen molar-refractivity contribution in [3.05, 3.63) is 59.1 Å². The molecule has 6 heteroatoms. The second-order valence-electron chi connectivity index (χ2n) is 6.85. The lowest BCUT2D eigenvalue weighted by molar-refractivity contribution is -0.144. The number of carboxylic acids is 1. The maximum absolute atomic E-state index is 12.0. The van der Waals surface area contributed by atoms with Crippen LogP contribution in [0, 0.1) is 0 Å². The van der Waals surface area contributed by atoms with Gasteiger partial charge in [0.2, 0.25) is 0 Å². The van der Waals surface area contributed by atoms with E-state index in [4.69, 9.17) is 9.72 Å². The fourth-order valence-electron chi connectivity index (χ4n) is 3.79. The molecular formula is C21H22N2O3S. The Kier molecular flexibility index (Phi) is 5.09. The third kappa shape index (κ3) is 3.68. The van der Waals surface area contributed by atoms with Crippen LogP contribution in [0.2, 0.25) is 0 Å². The molecule has 0 saturated carbocycles. The summed E-state index contributed by atoms with van der Waals surface area (Å²) in [5.74, 6) is 0.267. The van der Waals surface area contributed by atoms with Gasteiger partial charge in [0.15, 0.2) is 0 Å². The minimum Gasteiger partial charge on any atom is -0.497 e. The van der Waals surface area contributed by atoms with E-state index in [2.05, 4.69) is 11.0 Å². The average Bonchev–Trinajstić information content (AvgIpc) is 3.13. The van der Waals surface area contributed by atoms with E-state index in [0.29, 0.717) is 11.7 Å². The summed E-state index contributed by atoms with van der Waals surface area (Å²) < 4.78 is 6.47. The fraction of sp³-hybridized carbons (Fsp3) is 0.333. The predicted octanol–water partition coefficient (Wildman–Crippen LogP) is 4.31. The summed E-state index contributed by atoms with van der Waals surface area (Å²) in [6.07, 6.45) is 1.85. The summed E-state index contributed by atoms with van der Waals surface area (Å²) in [5, 5.41) is 11.0. The molecule has 1 atom stereocenters. The highest BCUT2D eigenvalue weighted by Crippen LogP contribution is 2.36. The van der Waals surface area contributed by atoms with Crippen LogP contribution in [0.1, 0.15) is 35.4 Å². The minimum atomic E-state index is -0.818. The molecule has 140 valence electrons. The predicted molar refractivity (Wildman–Crippen MR) is 107 cm³/mol. The van der Waals surface area contributed by atoms with Crippen LogP contribution >= 0.6 is 11.3 Å². The number of nitrogens with zero attached hydrogens (tertiary/aromatic N) is 2. The number of hydrogen-bond donors (Lipinski definition) is 1. The van der Waals surface area contributed by atoms with Crippen molar-refractivity contribution in [3.8, 4) is 5.75 Å². The molecule has 1 N–H and O–H groups in total. The molecule has 2 aromatic carbocycles. The zero-order valence-electron chi connectivity index (χ0n) is 15.2. The minimum absolute atomic E-state index is 0.401. The van der Waals surface area contributed by atoms with E-state index in [-0.39, 0.29) is 0 Å². The molecule has 1 unspecified atom stereocenters. The lowest BCUT2D eigenvalue weighted by atomic mass is 9.94. The van der Waals surface area contributed by atoms with Gasteiger partial charge in [-0.3, -0.25) is 9.69 Å². The summed E-state index contributed by atoms with van der Waals surface area (Å²) in [5.41, 5.74) is 1.82. The Morgan fingerprint density at radius 3 is 2.70 bits per heavy atom. The highest BCUT2D eigenvalue weighted by molar-refractivity contribution is 7.18. The molecule has 4 rings (SSSR count). The van der Waals surface area contributed by atoms with Crippen LogP contribution in [0.5, 0.6) is 5.75 Å². The van der Waals surface area contributed by atoms with E-state index >= 15 is 0 Å². The first kappa shape index (κ1) is 17.9. The van der Waals surface area contributed by atoms with Gasteiger partial charge in [0.05, 0.1) is 22.3 Å². The summed E-state index contributed by atoms with van der Waals surface area (Å²) >= 11 is 1.76. The average molecular weight is 382 g/mol. The number of ether oxygens (including phenoxy) is 1. The number of rotatable bonds is 5. The van der Waals surface area contributed by atoms with Crippen molar-refractivity contribution in [2.24, 2.45) is 0 Å². The van der Waals surface area contributed by atoms with Crippen LogP contribution < -0.4 is 4.74 Å². The van der Waals surface area contributed by atoms with Gasteiger partial charge in [-0.25, -0.2) is 4.98 Å². The van der Waals surface area contributed by atoms with Gasteiger partial charge < -0.3 is 9.84 Å². The number of fused-ring (bicyclic) bond motifs is 1. The molecule has 1 saturated heterocycles. The second kappa shape index (κ2) is 7.66. The molecule has 0 aliphatic carbocycles. The smallest absolute Gasteiger partial charge is 0.325 e. The largest absolute Gasteiger partial charge is 0.497 e. The van der Waals surface area contributed by atoms with Crippen molar-refractivity contribution >= 4 is 27.5 Å². The number of carboxylic acid groups (broad SMARTS) is 1. The van der Waals surface area contributed by atoms with Crippen LogP contribution in [0.15, 0.2) is 48.5 Å². The number of para-hydroxylation sites is 1. The van der Waals surface area contributed by atoms with Gasteiger partial charge in [-0.1, -0.05) is 24.3 Å². The number of aliphatic carboxylic acids is 1. The normalized spacial score (nSPS) is 17.1. The quantitative estimate of drug-likeness (QED) is 0.712. The van der Waals surface area contributed by atoms with Crippen LogP contribution in [0.25, 0.3) is 10.2 Å². The van der Waals surface area contributed by atoms with Crippen LogP contribution in [0.4, 0.5) is 0 Å². The van der Waals surface area contributed by atoms with E-state index < -0.39 is 12.0 Å². The molecule has 1 aliphatic heterocycles. The molecule has 0 amide bonds. The standard InChI is InChI=1S/C21H22N2O3S/c1-26-16-6-4-5-15(13-16)19(21(24)25)23-11-9-14(10-12-23)20-22-17-7-2-3-8-18(17)27-20/h2-8,13-14,19H,9-12H2,1H3,(H,24,25). The first-order valence-electron chi connectivity index (χ1n) is 9.12. The Balaban J connectivity index is 1.50. The van der Waals surface area contributed by atoms with E-state index in [1.54, 1.807) is 18.4 Å². The number of piperidine rings is 1. The second-order valence-corrected chi connectivity index (χ2v) is 7.91. The Hall–Kier alpha value is -2.44. The fourth-order valence-corrected chi connectivity index (χ4v) is 4.93. The molecule has 1 aliphatic rings. The molecule has 0 bridgehead atoms. The Bertz CT molecular complexity index is 914. The number of benzene rings is 2. The highest BCUT2D eigenvalue weighted by atomic mass is 32.1. The van der Waals surface area contributed by atoms with E-state index in [9.17, 15) is 9.90 Å². The molecule has 5 nitrogen and oxygen atoms in total. The maximum atomic E-state index is 12.0. The molecule has 0 radical (unpaired) electrons. The van der Waals surface area contributed by atoms with Crippen molar-refractivity contribution in [2.75, 3.05) is 20.2 Å². The third-order valence-corrected chi connectivity index (χ3v) is 6.40. The number of likely N-dealkylation sites (tertiary alicyclic amines) is 1.